The summed E-state index contributed by atoms with van der Waals surface area (Å²) < 4.78 is 11.8. The fourth-order valence-electron chi connectivity index (χ4n) is 3.47. The molecule has 1 aromatic heterocycles. The second-order valence-electron chi connectivity index (χ2n) is 6.29. The third-order valence-corrected chi connectivity index (χ3v) is 4.80. The van der Waals surface area contributed by atoms with E-state index in [0.29, 0.717) is 0 Å². The van der Waals surface area contributed by atoms with Crippen molar-refractivity contribution in [2.75, 3.05) is 18.9 Å². The van der Waals surface area contributed by atoms with Gasteiger partial charge in [0.05, 0.1) is 13.2 Å². The van der Waals surface area contributed by atoms with Gasteiger partial charge in [0.2, 0.25) is 5.72 Å². The minimum atomic E-state index is -2.23. The van der Waals surface area contributed by atoms with Gasteiger partial charge in [0.1, 0.15) is 48.5 Å². The number of aliphatic hydroxyl groups excluding tert-OH is 6. The molecule has 2 fully saturated rings. The van der Waals surface area contributed by atoms with Crippen LogP contribution in [0.15, 0.2) is 17.1 Å². The number of nitrogens with zero attached hydrogens (tertiary/aromatic N) is 2. The molecule has 1 aromatic rings. The number of ether oxygens (including phenoxy) is 2. The average Bonchev–Trinajstić information content (AvgIpc) is 3.04. The first-order valence-corrected chi connectivity index (χ1v) is 7.90. The Labute approximate surface area is 146 Å². The quantitative estimate of drug-likeness (QED) is 0.266. The molecule has 8 N–H and O–H groups in total. The predicted molar refractivity (Wildman–Crippen MR) is 82.6 cm³/mol. The van der Waals surface area contributed by atoms with Gasteiger partial charge in [-0.3, -0.25) is 4.57 Å². The Balaban J connectivity index is 2.17. The molecular weight excluding hydrogens is 354 g/mol. The van der Waals surface area contributed by atoms with E-state index in [1.165, 1.54) is 6.07 Å². The fraction of sp³-hybridized carbons (Fsp3) is 0.714. The molecule has 3 rings (SSSR count). The number of rotatable bonds is 4. The Morgan fingerprint density at radius 3 is 2.27 bits per heavy atom. The van der Waals surface area contributed by atoms with Crippen molar-refractivity contribution >= 4 is 5.82 Å². The van der Waals surface area contributed by atoms with E-state index in [0.717, 1.165) is 10.8 Å². The lowest BCUT2D eigenvalue weighted by Gasteiger charge is -2.39. The van der Waals surface area contributed by atoms with Crippen molar-refractivity contribution in [3.8, 4) is 0 Å². The molecule has 1 unspecified atom stereocenters. The van der Waals surface area contributed by atoms with Crippen molar-refractivity contribution in [2.45, 2.75) is 48.5 Å². The molecule has 2 aliphatic rings. The van der Waals surface area contributed by atoms with E-state index in [1.807, 2.05) is 0 Å². The molecule has 2 aliphatic heterocycles. The zero-order valence-electron chi connectivity index (χ0n) is 13.5. The molecule has 2 saturated heterocycles. The largest absolute Gasteiger partial charge is 0.394 e. The van der Waals surface area contributed by atoms with Gasteiger partial charge in [-0.1, -0.05) is 0 Å². The number of aliphatic hydroxyl groups is 6. The van der Waals surface area contributed by atoms with Crippen molar-refractivity contribution in [1.29, 1.82) is 0 Å². The first kappa shape index (κ1) is 19.1. The second kappa shape index (κ2) is 6.83. The molecule has 0 spiro atoms. The van der Waals surface area contributed by atoms with Crippen LogP contribution in [0.1, 0.15) is 0 Å². The van der Waals surface area contributed by atoms with Gasteiger partial charge < -0.3 is 45.8 Å². The van der Waals surface area contributed by atoms with Gasteiger partial charge in [-0.25, -0.2) is 4.79 Å². The number of aromatic nitrogens is 2. The van der Waals surface area contributed by atoms with Gasteiger partial charge in [-0.05, 0) is 6.07 Å². The maximum atomic E-state index is 12.4. The Kier molecular flexibility index (Phi) is 5.02. The molecule has 12 heteroatoms. The lowest BCUT2D eigenvalue weighted by atomic mass is 9.92. The lowest BCUT2D eigenvalue weighted by molar-refractivity contribution is -0.234. The number of hydrogen-bond donors (Lipinski definition) is 7. The van der Waals surface area contributed by atoms with Crippen LogP contribution < -0.4 is 11.4 Å². The Morgan fingerprint density at radius 1 is 1.12 bits per heavy atom. The summed E-state index contributed by atoms with van der Waals surface area (Å²) in [4.78, 5) is 15.9. The minimum Gasteiger partial charge on any atom is -0.394 e. The fourth-order valence-corrected chi connectivity index (χ4v) is 3.47. The molecule has 0 amide bonds. The molecule has 0 aromatic carbocycles. The van der Waals surface area contributed by atoms with E-state index in [-0.39, 0.29) is 5.82 Å². The van der Waals surface area contributed by atoms with Crippen LogP contribution in [-0.2, 0) is 15.2 Å². The van der Waals surface area contributed by atoms with E-state index in [4.69, 9.17) is 15.2 Å². The van der Waals surface area contributed by atoms with Crippen molar-refractivity contribution in [2.24, 2.45) is 0 Å². The molecular formula is C14H21N3O9. The summed E-state index contributed by atoms with van der Waals surface area (Å²) in [6.07, 6.45) is -9.68. The average molecular weight is 375 g/mol. The molecule has 146 valence electrons. The van der Waals surface area contributed by atoms with Crippen molar-refractivity contribution in [3.05, 3.63) is 22.7 Å². The Bertz CT molecular complexity index is 715. The summed E-state index contributed by atoms with van der Waals surface area (Å²) in [5, 5.41) is 59.9. The SMILES string of the molecule is Nc1ccn([C@]2(C3O[C@H](CO)[C@@H](O)[C@H]3O)O[C@H](CO)[C@@H](O)[C@H]2O)c(=O)n1. The molecule has 0 saturated carbocycles. The minimum absolute atomic E-state index is 0.116. The maximum absolute atomic E-state index is 12.4. The third-order valence-electron chi connectivity index (χ3n) is 4.80. The van der Waals surface area contributed by atoms with E-state index in [1.54, 1.807) is 0 Å². The first-order valence-electron chi connectivity index (χ1n) is 7.90. The maximum Gasteiger partial charge on any atom is 0.352 e. The van der Waals surface area contributed by atoms with E-state index < -0.39 is 67.4 Å². The van der Waals surface area contributed by atoms with Gasteiger partial charge in [0, 0.05) is 6.20 Å². The summed E-state index contributed by atoms with van der Waals surface area (Å²) in [6.45, 7) is -1.35. The molecule has 12 nitrogen and oxygen atoms in total. The monoisotopic (exact) mass is 375 g/mol. The zero-order valence-corrected chi connectivity index (χ0v) is 13.5. The highest BCUT2D eigenvalue weighted by Crippen LogP contribution is 2.43. The van der Waals surface area contributed by atoms with E-state index in [9.17, 15) is 35.4 Å². The van der Waals surface area contributed by atoms with Crippen LogP contribution in [-0.4, -0.2) is 96.1 Å². The van der Waals surface area contributed by atoms with Gasteiger partial charge in [0.15, 0.2) is 0 Å². The van der Waals surface area contributed by atoms with Crippen LogP contribution in [0.4, 0.5) is 5.82 Å². The van der Waals surface area contributed by atoms with Crippen molar-refractivity contribution in [3.63, 3.8) is 0 Å². The van der Waals surface area contributed by atoms with Gasteiger partial charge in [0.25, 0.3) is 0 Å². The Morgan fingerprint density at radius 2 is 1.77 bits per heavy atom. The van der Waals surface area contributed by atoms with Crippen molar-refractivity contribution < 1.29 is 40.1 Å². The van der Waals surface area contributed by atoms with Crippen LogP contribution in [0.2, 0.25) is 0 Å². The van der Waals surface area contributed by atoms with Gasteiger partial charge in [-0.2, -0.15) is 4.98 Å². The normalized spacial score (nSPS) is 43.1. The topological polar surface area (TPSA) is 201 Å². The summed E-state index contributed by atoms with van der Waals surface area (Å²) in [5.74, 6) is -0.116. The second-order valence-corrected chi connectivity index (χ2v) is 6.29. The smallest absolute Gasteiger partial charge is 0.352 e. The van der Waals surface area contributed by atoms with Crippen LogP contribution in [0, 0.1) is 0 Å². The van der Waals surface area contributed by atoms with Crippen LogP contribution in [0.25, 0.3) is 0 Å². The number of nitrogen functional groups attached to an aromatic ring is 1. The summed E-state index contributed by atoms with van der Waals surface area (Å²) >= 11 is 0. The van der Waals surface area contributed by atoms with Crippen LogP contribution >= 0.6 is 0 Å². The van der Waals surface area contributed by atoms with Gasteiger partial charge in [-0.15, -0.1) is 0 Å². The van der Waals surface area contributed by atoms with E-state index >= 15 is 0 Å². The molecule has 0 radical (unpaired) electrons. The third kappa shape index (κ3) is 2.62. The summed E-state index contributed by atoms with van der Waals surface area (Å²) in [7, 11) is 0. The molecule has 26 heavy (non-hydrogen) atoms. The molecule has 0 aliphatic carbocycles. The molecule has 0 bridgehead atoms. The lowest BCUT2D eigenvalue weighted by Crippen LogP contribution is -2.61. The molecule has 8 atom stereocenters. The highest BCUT2D eigenvalue weighted by atomic mass is 16.6. The predicted octanol–water partition coefficient (Wildman–Crippen LogP) is -4.93. The highest BCUT2D eigenvalue weighted by Gasteiger charge is 2.65. The molecule has 3 heterocycles. The number of hydrogen-bond acceptors (Lipinski definition) is 11. The first-order chi connectivity index (χ1) is 12.3. The van der Waals surface area contributed by atoms with Crippen molar-refractivity contribution in [1.82, 2.24) is 9.55 Å². The van der Waals surface area contributed by atoms with Gasteiger partial charge >= 0.3 is 5.69 Å². The summed E-state index contributed by atoms with van der Waals surface area (Å²) in [5.41, 5.74) is 2.25. The zero-order chi connectivity index (χ0) is 19.2. The van der Waals surface area contributed by atoms with E-state index in [2.05, 4.69) is 4.98 Å². The van der Waals surface area contributed by atoms with Crippen LogP contribution in [0.3, 0.4) is 0 Å². The summed E-state index contributed by atoms with van der Waals surface area (Å²) in [6, 6.07) is 1.22. The Hall–Kier alpha value is -1.64. The standard InChI is InChI=1S/C14H21N3O9/c15-7-1-2-17(13(24)16-7)14(11(23)9(21)6(4-19)26-14)12-10(22)8(20)5(3-18)25-12/h1-2,5-6,8-12,18-23H,3-4H2,(H2,15,16,24)/t5-,6-,8-,9-,10-,11-,12?,14+/m1/s1. The highest BCUT2D eigenvalue weighted by molar-refractivity contribution is 5.24. The number of anilines is 1. The number of nitrogens with two attached hydrogens (primary N) is 1. The van der Waals surface area contributed by atoms with Crippen LogP contribution in [0.5, 0.6) is 0 Å².